The Morgan fingerprint density at radius 3 is 2.81 bits per heavy atom. The SMILES string of the molecule is CCCNC(=O)COc1ccc2oc3ccccc3c2c1. The molecule has 0 atom stereocenters. The van der Waals surface area contributed by atoms with Crippen molar-refractivity contribution in [2.75, 3.05) is 13.2 Å². The molecule has 3 aromatic rings. The number of nitrogens with one attached hydrogen (secondary N) is 1. The molecule has 0 radical (unpaired) electrons. The van der Waals surface area contributed by atoms with Crippen LogP contribution in [-0.2, 0) is 4.79 Å². The van der Waals surface area contributed by atoms with E-state index in [1.165, 1.54) is 0 Å². The van der Waals surface area contributed by atoms with Gasteiger partial charge in [0.1, 0.15) is 16.9 Å². The van der Waals surface area contributed by atoms with Crippen molar-refractivity contribution in [2.24, 2.45) is 0 Å². The molecule has 1 aromatic heterocycles. The van der Waals surface area contributed by atoms with E-state index < -0.39 is 0 Å². The van der Waals surface area contributed by atoms with Crippen LogP contribution in [0.25, 0.3) is 21.9 Å². The molecule has 3 rings (SSSR count). The fourth-order valence-corrected chi connectivity index (χ4v) is 2.26. The molecule has 1 amide bonds. The molecule has 2 aromatic carbocycles. The third-order valence-corrected chi connectivity index (χ3v) is 3.29. The lowest BCUT2D eigenvalue weighted by molar-refractivity contribution is -0.123. The maximum absolute atomic E-state index is 11.5. The van der Waals surface area contributed by atoms with Crippen LogP contribution < -0.4 is 10.1 Å². The minimum absolute atomic E-state index is 0.0291. The minimum atomic E-state index is -0.103. The molecule has 108 valence electrons. The molecular weight excluding hydrogens is 266 g/mol. The monoisotopic (exact) mass is 283 g/mol. The van der Waals surface area contributed by atoms with Gasteiger partial charge in [0, 0.05) is 17.3 Å². The summed E-state index contributed by atoms with van der Waals surface area (Å²) < 4.78 is 11.3. The standard InChI is InChI=1S/C17H17NO3/c1-2-9-18-17(19)11-20-12-7-8-16-14(10-12)13-5-3-4-6-15(13)21-16/h3-8,10H,2,9,11H2,1H3,(H,18,19). The molecule has 0 aliphatic rings. The number of benzene rings is 2. The van der Waals surface area contributed by atoms with Crippen molar-refractivity contribution in [3.05, 3.63) is 42.5 Å². The molecule has 0 bridgehead atoms. The van der Waals surface area contributed by atoms with Gasteiger partial charge in [0.15, 0.2) is 6.61 Å². The topological polar surface area (TPSA) is 51.5 Å². The molecular formula is C17H17NO3. The van der Waals surface area contributed by atoms with Gasteiger partial charge in [-0.3, -0.25) is 4.79 Å². The van der Waals surface area contributed by atoms with E-state index in [9.17, 15) is 4.79 Å². The van der Waals surface area contributed by atoms with Gasteiger partial charge < -0.3 is 14.5 Å². The first kappa shape index (κ1) is 13.5. The zero-order chi connectivity index (χ0) is 14.7. The summed E-state index contributed by atoms with van der Waals surface area (Å²) in [5, 5.41) is 4.83. The van der Waals surface area contributed by atoms with Crippen LogP contribution in [0.3, 0.4) is 0 Å². The normalized spacial score (nSPS) is 10.9. The highest BCUT2D eigenvalue weighted by Crippen LogP contribution is 2.31. The second-order valence-corrected chi connectivity index (χ2v) is 4.89. The van der Waals surface area contributed by atoms with E-state index in [1.807, 2.05) is 49.4 Å². The first-order chi connectivity index (χ1) is 10.3. The molecule has 1 N–H and O–H groups in total. The second kappa shape index (κ2) is 5.87. The molecule has 0 spiro atoms. The fraction of sp³-hybridized carbons (Fsp3) is 0.235. The van der Waals surface area contributed by atoms with Gasteiger partial charge in [-0.15, -0.1) is 0 Å². The number of ether oxygens (including phenoxy) is 1. The summed E-state index contributed by atoms with van der Waals surface area (Å²) in [6, 6.07) is 13.5. The summed E-state index contributed by atoms with van der Waals surface area (Å²) in [6.45, 7) is 2.72. The highest BCUT2D eigenvalue weighted by molar-refractivity contribution is 6.05. The van der Waals surface area contributed by atoms with Crippen molar-refractivity contribution in [1.29, 1.82) is 0 Å². The number of fused-ring (bicyclic) bond motifs is 3. The average molecular weight is 283 g/mol. The van der Waals surface area contributed by atoms with Gasteiger partial charge in [0.05, 0.1) is 0 Å². The van der Waals surface area contributed by atoms with Crippen LogP contribution in [0.1, 0.15) is 13.3 Å². The summed E-state index contributed by atoms with van der Waals surface area (Å²) in [5.74, 6) is 0.565. The largest absolute Gasteiger partial charge is 0.484 e. The van der Waals surface area contributed by atoms with E-state index in [0.29, 0.717) is 12.3 Å². The summed E-state index contributed by atoms with van der Waals surface area (Å²) >= 11 is 0. The minimum Gasteiger partial charge on any atom is -0.484 e. The third kappa shape index (κ3) is 2.84. The van der Waals surface area contributed by atoms with Crippen molar-refractivity contribution >= 4 is 27.8 Å². The van der Waals surface area contributed by atoms with Crippen LogP contribution in [0.2, 0.25) is 0 Å². The molecule has 0 fully saturated rings. The van der Waals surface area contributed by atoms with E-state index in [-0.39, 0.29) is 12.5 Å². The Balaban J connectivity index is 1.80. The van der Waals surface area contributed by atoms with Gasteiger partial charge in [-0.25, -0.2) is 0 Å². The number of carbonyl (C=O) groups is 1. The Morgan fingerprint density at radius 1 is 1.14 bits per heavy atom. The average Bonchev–Trinajstić information content (AvgIpc) is 2.89. The summed E-state index contributed by atoms with van der Waals surface area (Å²) in [4.78, 5) is 11.5. The zero-order valence-electron chi connectivity index (χ0n) is 11.9. The van der Waals surface area contributed by atoms with Crippen LogP contribution in [0.15, 0.2) is 46.9 Å². The molecule has 0 saturated carbocycles. The number of hydrogen-bond donors (Lipinski definition) is 1. The van der Waals surface area contributed by atoms with Gasteiger partial charge in [0.2, 0.25) is 0 Å². The third-order valence-electron chi connectivity index (χ3n) is 3.29. The number of hydrogen-bond acceptors (Lipinski definition) is 3. The lowest BCUT2D eigenvalue weighted by atomic mass is 10.1. The number of para-hydroxylation sites is 1. The van der Waals surface area contributed by atoms with Crippen LogP contribution in [-0.4, -0.2) is 19.1 Å². The Hall–Kier alpha value is -2.49. The van der Waals surface area contributed by atoms with E-state index in [0.717, 1.165) is 28.4 Å². The number of amides is 1. The number of rotatable bonds is 5. The molecule has 0 aliphatic heterocycles. The molecule has 4 nitrogen and oxygen atoms in total. The lowest BCUT2D eigenvalue weighted by Crippen LogP contribution is -2.29. The van der Waals surface area contributed by atoms with E-state index in [2.05, 4.69) is 5.32 Å². The zero-order valence-corrected chi connectivity index (χ0v) is 11.9. The smallest absolute Gasteiger partial charge is 0.257 e. The van der Waals surface area contributed by atoms with Crippen molar-refractivity contribution in [1.82, 2.24) is 5.32 Å². The van der Waals surface area contributed by atoms with E-state index in [4.69, 9.17) is 9.15 Å². The Morgan fingerprint density at radius 2 is 1.95 bits per heavy atom. The van der Waals surface area contributed by atoms with Gasteiger partial charge in [0.25, 0.3) is 5.91 Å². The highest BCUT2D eigenvalue weighted by atomic mass is 16.5. The summed E-state index contributed by atoms with van der Waals surface area (Å²) in [5.41, 5.74) is 1.67. The molecule has 0 unspecified atom stereocenters. The first-order valence-electron chi connectivity index (χ1n) is 7.08. The van der Waals surface area contributed by atoms with Gasteiger partial charge in [-0.1, -0.05) is 25.1 Å². The van der Waals surface area contributed by atoms with Gasteiger partial charge in [-0.2, -0.15) is 0 Å². The van der Waals surface area contributed by atoms with Crippen LogP contribution >= 0.6 is 0 Å². The second-order valence-electron chi connectivity index (χ2n) is 4.89. The fourth-order valence-electron chi connectivity index (χ4n) is 2.26. The first-order valence-corrected chi connectivity index (χ1v) is 7.08. The predicted octanol–water partition coefficient (Wildman–Crippen LogP) is 3.49. The highest BCUT2D eigenvalue weighted by Gasteiger charge is 2.08. The quantitative estimate of drug-likeness (QED) is 0.779. The van der Waals surface area contributed by atoms with E-state index >= 15 is 0 Å². The lowest BCUT2D eigenvalue weighted by Gasteiger charge is -2.06. The maximum atomic E-state index is 11.5. The van der Waals surface area contributed by atoms with Crippen molar-refractivity contribution < 1.29 is 13.9 Å². The molecule has 0 saturated heterocycles. The van der Waals surface area contributed by atoms with Crippen molar-refractivity contribution in [2.45, 2.75) is 13.3 Å². The van der Waals surface area contributed by atoms with Crippen molar-refractivity contribution in [3.8, 4) is 5.75 Å². The molecule has 0 aliphatic carbocycles. The number of furan rings is 1. The van der Waals surface area contributed by atoms with E-state index in [1.54, 1.807) is 0 Å². The van der Waals surface area contributed by atoms with Crippen LogP contribution in [0.4, 0.5) is 0 Å². The molecule has 1 heterocycles. The number of carbonyl (C=O) groups excluding carboxylic acids is 1. The molecule has 4 heteroatoms. The van der Waals surface area contributed by atoms with Crippen LogP contribution in [0, 0.1) is 0 Å². The molecule has 21 heavy (non-hydrogen) atoms. The van der Waals surface area contributed by atoms with Gasteiger partial charge >= 0.3 is 0 Å². The Bertz CT molecular complexity index is 776. The maximum Gasteiger partial charge on any atom is 0.257 e. The van der Waals surface area contributed by atoms with Gasteiger partial charge in [-0.05, 0) is 30.7 Å². The van der Waals surface area contributed by atoms with Crippen molar-refractivity contribution in [3.63, 3.8) is 0 Å². The van der Waals surface area contributed by atoms with Crippen LogP contribution in [0.5, 0.6) is 5.75 Å². The summed E-state index contributed by atoms with van der Waals surface area (Å²) in [6.07, 6.45) is 0.915. The Kier molecular flexibility index (Phi) is 3.77. The summed E-state index contributed by atoms with van der Waals surface area (Å²) in [7, 11) is 0. The predicted molar refractivity (Wildman–Crippen MR) is 82.5 cm³/mol. The Labute approximate surface area is 122 Å².